The molecule has 0 radical (unpaired) electrons. The molecule has 166 valence electrons. The standard InChI is InChI=1S/C26H35N3O2/c1-20(31-25-12-5-4-11-24(25)22-10-6-14-27-18-22)26(30)28-15-7-16-29-17-13-21-8-2-3-9-23(21)19-29/h2-5,8-9,11-12,20,22,27H,6-7,10,13-19H2,1H3,(H,28,30). The lowest BCUT2D eigenvalue weighted by atomic mass is 9.91. The number of rotatable bonds is 8. The molecule has 2 aromatic carbocycles. The molecule has 2 N–H and O–H groups in total. The summed E-state index contributed by atoms with van der Waals surface area (Å²) < 4.78 is 6.10. The number of fused-ring (bicyclic) bond motifs is 1. The average Bonchev–Trinajstić information content (AvgIpc) is 2.82. The third-order valence-electron chi connectivity index (χ3n) is 6.49. The third-order valence-corrected chi connectivity index (χ3v) is 6.49. The van der Waals surface area contributed by atoms with Crippen molar-refractivity contribution in [1.82, 2.24) is 15.5 Å². The van der Waals surface area contributed by atoms with Gasteiger partial charge in [0.25, 0.3) is 5.91 Å². The lowest BCUT2D eigenvalue weighted by molar-refractivity contribution is -0.127. The Labute approximate surface area is 186 Å². The van der Waals surface area contributed by atoms with Gasteiger partial charge in [-0.05, 0) is 61.9 Å². The minimum absolute atomic E-state index is 0.0411. The van der Waals surface area contributed by atoms with E-state index in [0.29, 0.717) is 12.5 Å². The number of para-hydroxylation sites is 1. The van der Waals surface area contributed by atoms with Crippen molar-refractivity contribution >= 4 is 5.91 Å². The van der Waals surface area contributed by atoms with Gasteiger partial charge in [0.2, 0.25) is 0 Å². The van der Waals surface area contributed by atoms with Gasteiger partial charge in [0.1, 0.15) is 5.75 Å². The number of carbonyl (C=O) groups excluding carboxylic acids is 1. The molecule has 4 rings (SSSR count). The first-order valence-electron chi connectivity index (χ1n) is 11.7. The van der Waals surface area contributed by atoms with Gasteiger partial charge in [-0.2, -0.15) is 0 Å². The van der Waals surface area contributed by atoms with E-state index in [0.717, 1.165) is 57.7 Å². The molecule has 0 aromatic heterocycles. The molecule has 2 unspecified atom stereocenters. The fraction of sp³-hybridized carbons (Fsp3) is 0.500. The number of nitrogens with zero attached hydrogens (tertiary/aromatic N) is 1. The number of ether oxygens (including phenoxy) is 1. The molecule has 1 saturated heterocycles. The highest BCUT2D eigenvalue weighted by Crippen LogP contribution is 2.31. The number of hydrogen-bond acceptors (Lipinski definition) is 4. The monoisotopic (exact) mass is 421 g/mol. The summed E-state index contributed by atoms with van der Waals surface area (Å²) in [6.45, 7) is 7.69. The predicted octanol–water partition coefficient (Wildman–Crippen LogP) is 3.49. The first-order chi connectivity index (χ1) is 15.2. The van der Waals surface area contributed by atoms with E-state index in [4.69, 9.17) is 4.74 Å². The van der Waals surface area contributed by atoms with Crippen LogP contribution in [0, 0.1) is 0 Å². The molecule has 2 heterocycles. The molecule has 31 heavy (non-hydrogen) atoms. The number of nitrogens with one attached hydrogen (secondary N) is 2. The number of amides is 1. The molecule has 5 nitrogen and oxygen atoms in total. The molecule has 1 amide bonds. The normalized spacial score (nSPS) is 20.0. The molecule has 2 atom stereocenters. The topological polar surface area (TPSA) is 53.6 Å². The largest absolute Gasteiger partial charge is 0.481 e. The van der Waals surface area contributed by atoms with Crippen molar-refractivity contribution in [3.63, 3.8) is 0 Å². The minimum Gasteiger partial charge on any atom is -0.481 e. The zero-order valence-electron chi connectivity index (χ0n) is 18.6. The fourth-order valence-electron chi connectivity index (χ4n) is 4.69. The number of benzene rings is 2. The van der Waals surface area contributed by atoms with Gasteiger partial charge in [-0.1, -0.05) is 42.5 Å². The molecule has 0 bridgehead atoms. The van der Waals surface area contributed by atoms with Crippen molar-refractivity contribution in [2.75, 3.05) is 32.7 Å². The molecule has 2 aromatic rings. The Bertz CT molecular complexity index is 863. The quantitative estimate of drug-likeness (QED) is 0.641. The molecular weight excluding hydrogens is 386 g/mol. The van der Waals surface area contributed by atoms with Crippen molar-refractivity contribution in [2.24, 2.45) is 0 Å². The van der Waals surface area contributed by atoms with E-state index >= 15 is 0 Å². The van der Waals surface area contributed by atoms with E-state index < -0.39 is 6.10 Å². The van der Waals surface area contributed by atoms with Crippen LogP contribution in [0.2, 0.25) is 0 Å². The lowest BCUT2D eigenvalue weighted by Crippen LogP contribution is -2.38. The van der Waals surface area contributed by atoms with Crippen LogP contribution >= 0.6 is 0 Å². The highest BCUT2D eigenvalue weighted by atomic mass is 16.5. The van der Waals surface area contributed by atoms with Crippen LogP contribution in [0.1, 0.15) is 48.8 Å². The Kier molecular flexibility index (Phi) is 7.60. The Hall–Kier alpha value is -2.37. The minimum atomic E-state index is -0.500. The van der Waals surface area contributed by atoms with Crippen molar-refractivity contribution in [2.45, 2.75) is 51.2 Å². The predicted molar refractivity (Wildman–Crippen MR) is 124 cm³/mol. The second kappa shape index (κ2) is 10.8. The average molecular weight is 422 g/mol. The summed E-state index contributed by atoms with van der Waals surface area (Å²) in [5.41, 5.74) is 4.12. The summed E-state index contributed by atoms with van der Waals surface area (Å²) in [6.07, 6.45) is 3.90. The van der Waals surface area contributed by atoms with E-state index in [2.05, 4.69) is 51.9 Å². The van der Waals surface area contributed by atoms with Crippen LogP contribution < -0.4 is 15.4 Å². The second-order valence-corrected chi connectivity index (χ2v) is 8.78. The maximum absolute atomic E-state index is 12.6. The van der Waals surface area contributed by atoms with Gasteiger partial charge in [-0.25, -0.2) is 0 Å². The maximum Gasteiger partial charge on any atom is 0.260 e. The van der Waals surface area contributed by atoms with Crippen LogP contribution in [-0.2, 0) is 17.8 Å². The molecule has 2 aliphatic heterocycles. The lowest BCUT2D eigenvalue weighted by Gasteiger charge is -2.28. The van der Waals surface area contributed by atoms with Crippen LogP contribution in [-0.4, -0.2) is 49.6 Å². The number of carbonyl (C=O) groups is 1. The van der Waals surface area contributed by atoms with E-state index in [9.17, 15) is 4.79 Å². The molecule has 0 saturated carbocycles. The van der Waals surface area contributed by atoms with Gasteiger partial charge >= 0.3 is 0 Å². The summed E-state index contributed by atoms with van der Waals surface area (Å²) in [5.74, 6) is 1.25. The SMILES string of the molecule is CC(Oc1ccccc1C1CCCNC1)C(=O)NCCCN1CCc2ccccc2C1. The molecular formula is C26H35N3O2. The highest BCUT2D eigenvalue weighted by molar-refractivity contribution is 5.80. The Balaban J connectivity index is 1.21. The first kappa shape index (κ1) is 21.8. The summed E-state index contributed by atoms with van der Waals surface area (Å²) in [7, 11) is 0. The van der Waals surface area contributed by atoms with Crippen molar-refractivity contribution in [3.8, 4) is 5.75 Å². The Morgan fingerprint density at radius 1 is 1.19 bits per heavy atom. The molecule has 0 aliphatic carbocycles. The van der Waals surface area contributed by atoms with Gasteiger partial charge in [0.15, 0.2) is 6.10 Å². The van der Waals surface area contributed by atoms with Crippen LogP contribution in [0.15, 0.2) is 48.5 Å². The van der Waals surface area contributed by atoms with Crippen molar-refractivity contribution in [3.05, 3.63) is 65.2 Å². The van der Waals surface area contributed by atoms with Crippen LogP contribution in [0.5, 0.6) is 5.75 Å². The summed E-state index contributed by atoms with van der Waals surface area (Å²) in [6, 6.07) is 16.9. The maximum atomic E-state index is 12.6. The van der Waals surface area contributed by atoms with Gasteiger partial charge in [0, 0.05) is 38.6 Å². The van der Waals surface area contributed by atoms with E-state index in [1.165, 1.54) is 23.1 Å². The van der Waals surface area contributed by atoms with Crippen LogP contribution in [0.25, 0.3) is 0 Å². The van der Waals surface area contributed by atoms with Crippen LogP contribution in [0.4, 0.5) is 0 Å². The first-order valence-corrected chi connectivity index (χ1v) is 11.7. The molecule has 0 spiro atoms. The zero-order chi connectivity index (χ0) is 21.5. The van der Waals surface area contributed by atoms with E-state index in [1.54, 1.807) is 0 Å². The van der Waals surface area contributed by atoms with Crippen molar-refractivity contribution < 1.29 is 9.53 Å². The van der Waals surface area contributed by atoms with Gasteiger partial charge in [-0.15, -0.1) is 0 Å². The number of piperidine rings is 1. The van der Waals surface area contributed by atoms with Gasteiger partial charge in [-0.3, -0.25) is 9.69 Å². The summed E-state index contributed by atoms with van der Waals surface area (Å²) in [5, 5.41) is 6.52. The highest BCUT2D eigenvalue weighted by Gasteiger charge is 2.22. The second-order valence-electron chi connectivity index (χ2n) is 8.78. The fourth-order valence-corrected chi connectivity index (χ4v) is 4.69. The van der Waals surface area contributed by atoms with E-state index in [-0.39, 0.29) is 5.91 Å². The smallest absolute Gasteiger partial charge is 0.260 e. The zero-order valence-corrected chi connectivity index (χ0v) is 18.6. The van der Waals surface area contributed by atoms with Crippen molar-refractivity contribution in [1.29, 1.82) is 0 Å². The Morgan fingerprint density at radius 3 is 2.84 bits per heavy atom. The third kappa shape index (κ3) is 5.86. The molecule has 2 aliphatic rings. The molecule has 5 heteroatoms. The molecule has 1 fully saturated rings. The van der Waals surface area contributed by atoms with Gasteiger partial charge < -0.3 is 15.4 Å². The Morgan fingerprint density at radius 2 is 2.00 bits per heavy atom. The number of hydrogen-bond donors (Lipinski definition) is 2. The summed E-state index contributed by atoms with van der Waals surface area (Å²) in [4.78, 5) is 15.1. The summed E-state index contributed by atoms with van der Waals surface area (Å²) >= 11 is 0. The van der Waals surface area contributed by atoms with E-state index in [1.807, 2.05) is 19.1 Å². The van der Waals surface area contributed by atoms with Gasteiger partial charge in [0.05, 0.1) is 0 Å². The van der Waals surface area contributed by atoms with Crippen LogP contribution in [0.3, 0.4) is 0 Å².